The molecular formula is C20H30N2O3S. The third kappa shape index (κ3) is 3.96. The standard InChI is InChI=1S/C20H30N2O3S/c1-5-26(24,25)13-15-8-9-17-16(12-15)21-18(19(2,3)4)22(17)14-20(23)10-6-7-11-20/h8-9,12,23H,5-7,10-11,13-14H2,1-4H3. The monoisotopic (exact) mass is 378 g/mol. The molecule has 1 aromatic heterocycles. The summed E-state index contributed by atoms with van der Waals surface area (Å²) < 4.78 is 26.0. The maximum absolute atomic E-state index is 11.9. The summed E-state index contributed by atoms with van der Waals surface area (Å²) in [5, 5.41) is 10.9. The number of sulfone groups is 1. The van der Waals surface area contributed by atoms with Gasteiger partial charge in [0.25, 0.3) is 0 Å². The van der Waals surface area contributed by atoms with Crippen molar-refractivity contribution < 1.29 is 13.5 Å². The zero-order valence-corrected chi connectivity index (χ0v) is 17.1. The van der Waals surface area contributed by atoms with Crippen molar-refractivity contribution in [1.82, 2.24) is 9.55 Å². The Balaban J connectivity index is 2.07. The van der Waals surface area contributed by atoms with E-state index in [2.05, 4.69) is 25.3 Å². The van der Waals surface area contributed by atoms with Gasteiger partial charge >= 0.3 is 0 Å². The quantitative estimate of drug-likeness (QED) is 0.863. The number of imidazole rings is 1. The van der Waals surface area contributed by atoms with Gasteiger partial charge in [-0.25, -0.2) is 13.4 Å². The van der Waals surface area contributed by atoms with Crippen LogP contribution < -0.4 is 0 Å². The van der Waals surface area contributed by atoms with E-state index in [1.54, 1.807) is 6.92 Å². The molecule has 1 heterocycles. The van der Waals surface area contributed by atoms with E-state index < -0.39 is 15.4 Å². The van der Waals surface area contributed by atoms with Crippen LogP contribution in [0.4, 0.5) is 0 Å². The molecule has 1 aliphatic carbocycles. The SMILES string of the molecule is CCS(=O)(=O)Cc1ccc2c(c1)nc(C(C)(C)C)n2CC1(O)CCCC1. The lowest BCUT2D eigenvalue weighted by molar-refractivity contribution is 0.0296. The van der Waals surface area contributed by atoms with Crippen molar-refractivity contribution in [1.29, 1.82) is 0 Å². The van der Waals surface area contributed by atoms with Crippen molar-refractivity contribution in [3.05, 3.63) is 29.6 Å². The molecule has 1 saturated carbocycles. The van der Waals surface area contributed by atoms with Crippen LogP contribution in [0.1, 0.15) is 64.8 Å². The molecule has 0 radical (unpaired) electrons. The normalized spacial score (nSPS) is 17.9. The van der Waals surface area contributed by atoms with E-state index in [4.69, 9.17) is 4.98 Å². The number of aromatic nitrogens is 2. The second-order valence-electron chi connectivity index (χ2n) is 8.70. The molecule has 0 bridgehead atoms. The van der Waals surface area contributed by atoms with Gasteiger partial charge in [0.15, 0.2) is 9.84 Å². The molecule has 0 saturated heterocycles. The lowest BCUT2D eigenvalue weighted by Gasteiger charge is -2.27. The van der Waals surface area contributed by atoms with Gasteiger partial charge in [-0.3, -0.25) is 0 Å². The second-order valence-corrected chi connectivity index (χ2v) is 11.1. The Morgan fingerprint density at radius 3 is 2.46 bits per heavy atom. The van der Waals surface area contributed by atoms with Crippen LogP contribution in [0.5, 0.6) is 0 Å². The predicted molar refractivity (Wildman–Crippen MR) is 105 cm³/mol. The van der Waals surface area contributed by atoms with Crippen LogP contribution in [0.2, 0.25) is 0 Å². The summed E-state index contributed by atoms with van der Waals surface area (Å²) in [6, 6.07) is 5.71. The van der Waals surface area contributed by atoms with E-state index in [1.807, 2.05) is 18.2 Å². The topological polar surface area (TPSA) is 72.2 Å². The highest BCUT2D eigenvalue weighted by Crippen LogP contribution is 2.35. The minimum absolute atomic E-state index is 0.0427. The van der Waals surface area contributed by atoms with E-state index in [-0.39, 0.29) is 16.9 Å². The summed E-state index contributed by atoms with van der Waals surface area (Å²) in [5.41, 5.74) is 1.71. The maximum Gasteiger partial charge on any atom is 0.154 e. The van der Waals surface area contributed by atoms with E-state index in [0.717, 1.165) is 48.1 Å². The fraction of sp³-hybridized carbons (Fsp3) is 0.650. The number of aliphatic hydroxyl groups is 1. The molecule has 0 amide bonds. The largest absolute Gasteiger partial charge is 0.388 e. The molecule has 1 aromatic carbocycles. The molecule has 1 fully saturated rings. The molecule has 6 heteroatoms. The molecule has 0 spiro atoms. The molecular weight excluding hydrogens is 348 g/mol. The van der Waals surface area contributed by atoms with Gasteiger partial charge in [0.2, 0.25) is 0 Å². The van der Waals surface area contributed by atoms with E-state index in [9.17, 15) is 13.5 Å². The summed E-state index contributed by atoms with van der Waals surface area (Å²) in [6.45, 7) is 8.56. The highest BCUT2D eigenvalue weighted by atomic mass is 32.2. The van der Waals surface area contributed by atoms with Crippen LogP contribution in [-0.2, 0) is 27.5 Å². The Hall–Kier alpha value is -1.40. The zero-order valence-electron chi connectivity index (χ0n) is 16.2. The van der Waals surface area contributed by atoms with Crippen LogP contribution in [0.3, 0.4) is 0 Å². The fourth-order valence-electron chi connectivity index (χ4n) is 3.84. The molecule has 2 aromatic rings. The minimum Gasteiger partial charge on any atom is -0.388 e. The summed E-state index contributed by atoms with van der Waals surface area (Å²) in [7, 11) is -3.08. The van der Waals surface area contributed by atoms with E-state index in [0.29, 0.717) is 6.54 Å². The molecule has 0 atom stereocenters. The van der Waals surface area contributed by atoms with Crippen molar-refractivity contribution in [2.45, 2.75) is 76.7 Å². The van der Waals surface area contributed by atoms with Gasteiger partial charge in [0, 0.05) is 11.2 Å². The van der Waals surface area contributed by atoms with Gasteiger partial charge in [-0.05, 0) is 30.5 Å². The average Bonchev–Trinajstić information content (AvgIpc) is 3.11. The number of hydrogen-bond acceptors (Lipinski definition) is 4. The zero-order chi connectivity index (χ0) is 19.2. The predicted octanol–water partition coefficient (Wildman–Crippen LogP) is 3.57. The van der Waals surface area contributed by atoms with Crippen molar-refractivity contribution in [3.8, 4) is 0 Å². The first-order valence-electron chi connectivity index (χ1n) is 9.45. The first-order valence-corrected chi connectivity index (χ1v) is 11.3. The van der Waals surface area contributed by atoms with Gasteiger partial charge in [0.05, 0.1) is 28.9 Å². The number of nitrogens with zero attached hydrogens (tertiary/aromatic N) is 2. The number of fused-ring (bicyclic) bond motifs is 1. The van der Waals surface area contributed by atoms with Crippen LogP contribution in [0.15, 0.2) is 18.2 Å². The lowest BCUT2D eigenvalue weighted by atomic mass is 9.94. The first kappa shape index (κ1) is 19.4. The second kappa shape index (κ2) is 6.64. The van der Waals surface area contributed by atoms with Gasteiger partial charge in [-0.2, -0.15) is 0 Å². The summed E-state index contributed by atoms with van der Waals surface area (Å²) in [4.78, 5) is 4.83. The molecule has 26 heavy (non-hydrogen) atoms. The summed E-state index contributed by atoms with van der Waals surface area (Å²) in [5.74, 6) is 1.12. The molecule has 5 nitrogen and oxygen atoms in total. The Morgan fingerprint density at radius 1 is 1.23 bits per heavy atom. The van der Waals surface area contributed by atoms with Crippen molar-refractivity contribution in [3.63, 3.8) is 0 Å². The lowest BCUT2D eigenvalue weighted by Crippen LogP contribution is -2.33. The molecule has 1 N–H and O–H groups in total. The van der Waals surface area contributed by atoms with E-state index in [1.165, 1.54) is 0 Å². The molecule has 3 rings (SSSR count). The number of benzene rings is 1. The molecule has 144 valence electrons. The highest BCUT2D eigenvalue weighted by Gasteiger charge is 2.34. The summed E-state index contributed by atoms with van der Waals surface area (Å²) >= 11 is 0. The van der Waals surface area contributed by atoms with Gasteiger partial charge in [-0.15, -0.1) is 0 Å². The smallest absolute Gasteiger partial charge is 0.154 e. The van der Waals surface area contributed by atoms with Crippen molar-refractivity contribution in [2.24, 2.45) is 0 Å². The maximum atomic E-state index is 11.9. The van der Waals surface area contributed by atoms with Gasteiger partial charge in [-0.1, -0.05) is 46.6 Å². The summed E-state index contributed by atoms with van der Waals surface area (Å²) in [6.07, 6.45) is 3.77. The number of hydrogen-bond donors (Lipinski definition) is 1. The molecule has 0 aliphatic heterocycles. The molecule has 1 aliphatic rings. The third-order valence-electron chi connectivity index (χ3n) is 5.30. The van der Waals surface area contributed by atoms with Crippen LogP contribution >= 0.6 is 0 Å². The number of rotatable bonds is 5. The average molecular weight is 379 g/mol. The Bertz CT molecular complexity index is 901. The van der Waals surface area contributed by atoms with Crippen molar-refractivity contribution >= 4 is 20.9 Å². The van der Waals surface area contributed by atoms with Crippen LogP contribution in [0.25, 0.3) is 11.0 Å². The van der Waals surface area contributed by atoms with Gasteiger partial charge in [0.1, 0.15) is 5.82 Å². The fourth-order valence-corrected chi connectivity index (χ4v) is 4.73. The van der Waals surface area contributed by atoms with Gasteiger partial charge < -0.3 is 9.67 Å². The first-order chi connectivity index (χ1) is 12.0. The molecule has 0 unspecified atom stereocenters. The minimum atomic E-state index is -3.08. The highest BCUT2D eigenvalue weighted by molar-refractivity contribution is 7.90. The van der Waals surface area contributed by atoms with Crippen LogP contribution in [0, 0.1) is 0 Å². The Labute approximate surface area is 156 Å². The van der Waals surface area contributed by atoms with Crippen LogP contribution in [-0.4, -0.2) is 34.4 Å². The third-order valence-corrected chi connectivity index (χ3v) is 6.95. The van der Waals surface area contributed by atoms with E-state index >= 15 is 0 Å². The Kier molecular flexibility index (Phi) is 4.95. The Morgan fingerprint density at radius 2 is 1.88 bits per heavy atom. The van der Waals surface area contributed by atoms with Crippen molar-refractivity contribution in [2.75, 3.05) is 5.75 Å².